The number of benzene rings is 1. The van der Waals surface area contributed by atoms with Gasteiger partial charge in [-0.1, -0.05) is 51.0 Å². The summed E-state index contributed by atoms with van der Waals surface area (Å²) in [7, 11) is -3.51. The summed E-state index contributed by atoms with van der Waals surface area (Å²) in [4.78, 5) is 7.12. The maximum atomic E-state index is 14.0. The van der Waals surface area contributed by atoms with Gasteiger partial charge in [0.15, 0.2) is 0 Å². The maximum Gasteiger partial charge on any atom is 0.406 e. The topological polar surface area (TPSA) is 63.7 Å². The van der Waals surface area contributed by atoms with E-state index in [4.69, 9.17) is 9.05 Å². The number of pyridine rings is 1. The van der Waals surface area contributed by atoms with E-state index in [1.807, 2.05) is 24.4 Å². The fraction of sp³-hybridized carbons (Fsp3) is 0.593. The Hall–Kier alpha value is -1.56. The highest BCUT2D eigenvalue weighted by Gasteiger charge is 2.45. The van der Waals surface area contributed by atoms with Crippen molar-refractivity contribution in [1.29, 1.82) is 0 Å². The molecule has 0 aliphatic carbocycles. The van der Waals surface area contributed by atoms with Crippen LogP contribution in [0.15, 0.2) is 49.2 Å². The summed E-state index contributed by atoms with van der Waals surface area (Å²) in [5.74, 6) is 1.12. The van der Waals surface area contributed by atoms with Gasteiger partial charge in [0.1, 0.15) is 0 Å². The average molecular weight is 486 g/mol. The Morgan fingerprint density at radius 2 is 1.94 bits per heavy atom. The van der Waals surface area contributed by atoms with E-state index in [9.17, 15) is 4.57 Å². The van der Waals surface area contributed by atoms with Gasteiger partial charge in [-0.2, -0.15) is 0 Å². The molecule has 1 N–H and O–H groups in total. The van der Waals surface area contributed by atoms with E-state index in [0.29, 0.717) is 25.0 Å². The Kier molecular flexibility index (Phi) is 8.95. The van der Waals surface area contributed by atoms with E-state index in [1.54, 1.807) is 0 Å². The SMILES string of the molecule is C=C[C@H]1CN2CC[C@H]1C[C@H]2[C@@H](NP(=O)(OCCCC)OCCCC)c1ccnc2ccccc12. The first-order valence-corrected chi connectivity index (χ1v) is 14.5. The molecule has 2 bridgehead atoms. The van der Waals surface area contributed by atoms with Crippen LogP contribution in [0.2, 0.25) is 0 Å². The molecular formula is C27H40N3O3P. The summed E-state index contributed by atoms with van der Waals surface area (Å²) in [6.07, 6.45) is 9.86. The number of piperidine rings is 3. The second-order valence-electron chi connectivity index (χ2n) is 9.64. The van der Waals surface area contributed by atoms with Crippen LogP contribution in [0.4, 0.5) is 0 Å². The van der Waals surface area contributed by atoms with Crippen LogP contribution in [-0.4, -0.2) is 42.2 Å². The molecule has 3 aliphatic rings. The molecule has 0 amide bonds. The Morgan fingerprint density at radius 1 is 1.21 bits per heavy atom. The molecule has 0 radical (unpaired) electrons. The molecule has 186 valence electrons. The molecule has 5 atom stereocenters. The molecule has 0 saturated carbocycles. The number of unbranched alkanes of at least 4 members (excludes halogenated alkanes) is 2. The number of hydrogen-bond donors (Lipinski definition) is 1. The average Bonchev–Trinajstić information content (AvgIpc) is 2.87. The highest BCUT2D eigenvalue weighted by molar-refractivity contribution is 7.51. The number of aromatic nitrogens is 1. The van der Waals surface area contributed by atoms with Gasteiger partial charge in [-0.15, -0.1) is 6.58 Å². The molecule has 34 heavy (non-hydrogen) atoms. The number of rotatable bonds is 13. The molecule has 1 aromatic carbocycles. The fourth-order valence-corrected chi connectivity index (χ4v) is 7.03. The van der Waals surface area contributed by atoms with E-state index in [0.717, 1.165) is 61.7 Å². The number of fused-ring (bicyclic) bond motifs is 4. The van der Waals surface area contributed by atoms with E-state index in [1.165, 1.54) is 6.42 Å². The lowest BCUT2D eigenvalue weighted by molar-refractivity contribution is 0.00303. The molecule has 1 aromatic heterocycles. The summed E-state index contributed by atoms with van der Waals surface area (Å²) >= 11 is 0. The van der Waals surface area contributed by atoms with E-state index < -0.39 is 7.75 Å². The fourth-order valence-electron chi connectivity index (χ4n) is 5.42. The van der Waals surface area contributed by atoms with Crippen LogP contribution in [0.3, 0.4) is 0 Å². The first-order valence-electron chi connectivity index (χ1n) is 13.0. The monoisotopic (exact) mass is 485 g/mol. The van der Waals surface area contributed by atoms with Gasteiger partial charge in [0.2, 0.25) is 0 Å². The molecule has 5 rings (SSSR count). The summed E-state index contributed by atoms with van der Waals surface area (Å²) < 4.78 is 26.0. The highest BCUT2D eigenvalue weighted by Crippen LogP contribution is 2.50. The summed E-state index contributed by atoms with van der Waals surface area (Å²) in [5.41, 5.74) is 2.05. The third-order valence-electron chi connectivity index (χ3n) is 7.37. The van der Waals surface area contributed by atoms with Crippen molar-refractivity contribution >= 4 is 18.6 Å². The molecule has 2 aromatic rings. The molecular weight excluding hydrogens is 445 g/mol. The zero-order valence-corrected chi connectivity index (χ0v) is 21.6. The standard InChI is InChI=1S/C27H40N3O3P/c1-4-7-17-32-34(31,33-18-8-5-2)29-27(24-13-15-28-25-12-10-9-11-23(24)25)26-19-22-14-16-30(26)20-21(22)6-3/h6,9-13,15,21-22,26-27H,3-5,7-8,14,16-20H2,1-2H3,(H,29,31)/t21-,22-,26-,27-/m0/s1. The molecule has 3 fully saturated rings. The molecule has 6 nitrogen and oxygen atoms in total. The van der Waals surface area contributed by atoms with Crippen molar-refractivity contribution in [2.45, 2.75) is 64.5 Å². The van der Waals surface area contributed by atoms with Crippen molar-refractivity contribution in [3.05, 3.63) is 54.7 Å². The van der Waals surface area contributed by atoms with Crippen molar-refractivity contribution in [2.75, 3.05) is 26.3 Å². The number of nitrogens with zero attached hydrogens (tertiary/aromatic N) is 2. The van der Waals surface area contributed by atoms with Gasteiger partial charge in [-0.3, -0.25) is 18.9 Å². The van der Waals surface area contributed by atoms with Crippen molar-refractivity contribution in [2.24, 2.45) is 11.8 Å². The second kappa shape index (κ2) is 11.9. The first kappa shape index (κ1) is 25.5. The van der Waals surface area contributed by atoms with Crippen LogP contribution in [-0.2, 0) is 13.6 Å². The summed E-state index contributed by atoms with van der Waals surface area (Å²) in [6, 6.07) is 10.3. The highest BCUT2D eigenvalue weighted by atomic mass is 31.2. The van der Waals surface area contributed by atoms with Crippen LogP contribution in [0.25, 0.3) is 10.9 Å². The van der Waals surface area contributed by atoms with Crippen molar-refractivity contribution in [3.63, 3.8) is 0 Å². The second-order valence-corrected chi connectivity index (χ2v) is 11.4. The van der Waals surface area contributed by atoms with Gasteiger partial charge in [-0.25, -0.2) is 9.65 Å². The number of para-hydroxylation sites is 1. The van der Waals surface area contributed by atoms with Gasteiger partial charge in [0, 0.05) is 24.2 Å². The quantitative estimate of drug-likeness (QED) is 0.198. The zero-order chi connectivity index (χ0) is 24.0. The van der Waals surface area contributed by atoms with Gasteiger partial charge in [-0.05, 0) is 61.8 Å². The van der Waals surface area contributed by atoms with Crippen molar-refractivity contribution in [1.82, 2.24) is 15.0 Å². The Morgan fingerprint density at radius 3 is 2.59 bits per heavy atom. The van der Waals surface area contributed by atoms with Crippen LogP contribution in [0.1, 0.15) is 64.0 Å². The molecule has 4 heterocycles. The van der Waals surface area contributed by atoms with Gasteiger partial charge < -0.3 is 0 Å². The van der Waals surface area contributed by atoms with Crippen LogP contribution in [0, 0.1) is 11.8 Å². The third-order valence-corrected chi connectivity index (χ3v) is 9.01. The molecule has 1 unspecified atom stereocenters. The Labute approximate surface area is 204 Å². The Balaban J connectivity index is 1.69. The minimum atomic E-state index is -3.51. The van der Waals surface area contributed by atoms with Crippen molar-refractivity contribution in [3.8, 4) is 0 Å². The van der Waals surface area contributed by atoms with Gasteiger partial charge in [0.05, 0.1) is 24.8 Å². The molecule has 7 heteroatoms. The largest absolute Gasteiger partial charge is 0.406 e. The lowest BCUT2D eigenvalue weighted by Crippen LogP contribution is -2.56. The van der Waals surface area contributed by atoms with Gasteiger partial charge in [0.25, 0.3) is 0 Å². The summed E-state index contributed by atoms with van der Waals surface area (Å²) in [5, 5.41) is 4.54. The normalized spacial score (nSPS) is 25.5. The lowest BCUT2D eigenvalue weighted by atomic mass is 9.73. The smallest absolute Gasteiger partial charge is 0.298 e. The van der Waals surface area contributed by atoms with E-state index in [2.05, 4.69) is 53.6 Å². The Bertz CT molecular complexity index is 981. The third kappa shape index (κ3) is 5.80. The number of nitrogens with one attached hydrogen (secondary N) is 1. The zero-order valence-electron chi connectivity index (χ0n) is 20.7. The van der Waals surface area contributed by atoms with Crippen LogP contribution in [0.5, 0.6) is 0 Å². The van der Waals surface area contributed by atoms with E-state index in [-0.39, 0.29) is 12.1 Å². The minimum Gasteiger partial charge on any atom is -0.298 e. The van der Waals surface area contributed by atoms with Crippen LogP contribution < -0.4 is 5.09 Å². The van der Waals surface area contributed by atoms with Gasteiger partial charge >= 0.3 is 7.75 Å². The molecule has 3 aliphatic heterocycles. The lowest BCUT2D eigenvalue weighted by Gasteiger charge is -2.52. The summed E-state index contributed by atoms with van der Waals surface area (Å²) in [6.45, 7) is 11.2. The van der Waals surface area contributed by atoms with Crippen molar-refractivity contribution < 1.29 is 13.6 Å². The minimum absolute atomic E-state index is 0.185. The molecule has 3 saturated heterocycles. The molecule has 0 spiro atoms. The van der Waals surface area contributed by atoms with E-state index >= 15 is 0 Å². The van der Waals surface area contributed by atoms with Crippen LogP contribution >= 0.6 is 7.75 Å². The predicted molar refractivity (Wildman–Crippen MR) is 139 cm³/mol. The maximum absolute atomic E-state index is 14.0. The number of hydrogen-bond acceptors (Lipinski definition) is 5. The predicted octanol–water partition coefficient (Wildman–Crippen LogP) is 6.50. The first-order chi connectivity index (χ1) is 16.6.